The number of thioether (sulfide) groups is 1. The van der Waals surface area contributed by atoms with Crippen LogP contribution in [0.15, 0.2) is 47.4 Å². The predicted molar refractivity (Wildman–Crippen MR) is 116 cm³/mol. The Labute approximate surface area is 177 Å². The number of hydrogen-bond donors (Lipinski definition) is 2. The van der Waals surface area contributed by atoms with Crippen LogP contribution in [0.3, 0.4) is 0 Å². The van der Waals surface area contributed by atoms with Gasteiger partial charge in [-0.2, -0.15) is 16.5 Å². The van der Waals surface area contributed by atoms with Gasteiger partial charge in [-0.25, -0.2) is 17.8 Å². The van der Waals surface area contributed by atoms with Gasteiger partial charge in [-0.1, -0.05) is 29.5 Å². The Balaban J connectivity index is 1.81. The molecular weight excluding hydrogens is 433 g/mol. The molecule has 6 nitrogen and oxygen atoms in total. The maximum Gasteiger partial charge on any atom is 0.244 e. The molecule has 29 heavy (non-hydrogen) atoms. The van der Waals surface area contributed by atoms with Gasteiger partial charge in [0.15, 0.2) is 5.13 Å². The smallest absolute Gasteiger partial charge is 0.244 e. The van der Waals surface area contributed by atoms with Gasteiger partial charge in [-0.15, -0.1) is 0 Å². The highest BCUT2D eigenvalue weighted by molar-refractivity contribution is 7.98. The number of nitrogens with zero attached hydrogens (tertiary/aromatic N) is 1. The summed E-state index contributed by atoms with van der Waals surface area (Å²) in [7, 11) is -4.20. The first kappa shape index (κ1) is 21.7. The predicted octanol–water partition coefficient (Wildman–Crippen LogP) is 3.78. The number of amides is 1. The van der Waals surface area contributed by atoms with Crippen LogP contribution in [0.5, 0.6) is 0 Å². The van der Waals surface area contributed by atoms with Gasteiger partial charge in [-0.3, -0.25) is 4.79 Å². The zero-order chi connectivity index (χ0) is 21.0. The van der Waals surface area contributed by atoms with Crippen LogP contribution in [-0.4, -0.2) is 37.4 Å². The van der Waals surface area contributed by atoms with E-state index in [0.29, 0.717) is 10.9 Å². The number of carbonyl (C=O) groups excluding carboxylic acids is 1. The van der Waals surface area contributed by atoms with Crippen molar-refractivity contribution in [3.05, 3.63) is 53.8 Å². The third-order valence-electron chi connectivity index (χ3n) is 4.12. The van der Waals surface area contributed by atoms with Crippen LogP contribution in [-0.2, 0) is 14.8 Å². The maximum absolute atomic E-state index is 14.0. The van der Waals surface area contributed by atoms with E-state index in [9.17, 15) is 17.6 Å². The fourth-order valence-electron chi connectivity index (χ4n) is 2.67. The van der Waals surface area contributed by atoms with E-state index in [1.807, 2.05) is 31.4 Å². The summed E-state index contributed by atoms with van der Waals surface area (Å²) in [6, 6.07) is 9.76. The van der Waals surface area contributed by atoms with Crippen molar-refractivity contribution in [2.45, 2.75) is 24.3 Å². The van der Waals surface area contributed by atoms with Crippen LogP contribution in [0.1, 0.15) is 12.0 Å². The highest BCUT2D eigenvalue weighted by atomic mass is 32.2. The lowest BCUT2D eigenvalue weighted by atomic mass is 10.2. The Morgan fingerprint density at radius 2 is 2.03 bits per heavy atom. The molecule has 3 rings (SSSR count). The summed E-state index contributed by atoms with van der Waals surface area (Å²) in [6.07, 6.45) is 2.11. The lowest BCUT2D eigenvalue weighted by Crippen LogP contribution is -2.44. The quantitative estimate of drug-likeness (QED) is 0.542. The van der Waals surface area contributed by atoms with E-state index in [0.717, 1.165) is 27.9 Å². The first-order valence-corrected chi connectivity index (χ1v) is 12.4. The largest absolute Gasteiger partial charge is 0.301 e. The van der Waals surface area contributed by atoms with Crippen molar-refractivity contribution in [3.63, 3.8) is 0 Å². The Morgan fingerprint density at radius 1 is 1.28 bits per heavy atom. The zero-order valence-electron chi connectivity index (χ0n) is 15.8. The molecule has 0 aliphatic heterocycles. The van der Waals surface area contributed by atoms with Gasteiger partial charge in [0.25, 0.3) is 0 Å². The van der Waals surface area contributed by atoms with Crippen LogP contribution in [0, 0.1) is 12.7 Å². The lowest BCUT2D eigenvalue weighted by Gasteiger charge is -2.17. The molecule has 0 aliphatic rings. The van der Waals surface area contributed by atoms with Crippen LogP contribution < -0.4 is 10.0 Å². The molecule has 3 aromatic rings. The van der Waals surface area contributed by atoms with Crippen molar-refractivity contribution in [2.75, 3.05) is 17.3 Å². The molecule has 154 valence electrons. The number of benzene rings is 2. The number of sulfonamides is 1. The van der Waals surface area contributed by atoms with Crippen LogP contribution in [0.2, 0.25) is 0 Å². The second-order valence-electron chi connectivity index (χ2n) is 6.37. The first-order chi connectivity index (χ1) is 13.8. The summed E-state index contributed by atoms with van der Waals surface area (Å²) in [5, 5.41) is 3.07. The van der Waals surface area contributed by atoms with E-state index < -0.39 is 32.7 Å². The average Bonchev–Trinajstić information content (AvgIpc) is 3.06. The normalized spacial score (nSPS) is 12.8. The molecule has 0 fully saturated rings. The molecule has 1 amide bonds. The highest BCUT2D eigenvalue weighted by Gasteiger charge is 2.28. The maximum atomic E-state index is 14.0. The molecule has 0 saturated heterocycles. The van der Waals surface area contributed by atoms with Crippen LogP contribution in [0.25, 0.3) is 10.2 Å². The molecule has 0 bridgehead atoms. The summed E-state index contributed by atoms with van der Waals surface area (Å²) in [5.74, 6) is -0.850. The Bertz CT molecular complexity index is 1130. The molecule has 0 saturated carbocycles. The Kier molecular flexibility index (Phi) is 6.89. The third-order valence-corrected chi connectivity index (χ3v) is 7.21. The molecule has 0 spiro atoms. The summed E-state index contributed by atoms with van der Waals surface area (Å²) in [6.45, 7) is 1.97. The molecule has 1 aromatic heterocycles. The fourth-order valence-corrected chi connectivity index (χ4v) is 5.42. The second kappa shape index (κ2) is 9.21. The molecule has 1 atom stereocenters. The van der Waals surface area contributed by atoms with Crippen molar-refractivity contribution in [1.29, 1.82) is 0 Å². The Morgan fingerprint density at radius 3 is 2.76 bits per heavy atom. The number of anilines is 1. The Hall–Kier alpha value is -2.01. The van der Waals surface area contributed by atoms with E-state index in [1.54, 1.807) is 0 Å². The molecule has 0 unspecified atom stereocenters. The minimum atomic E-state index is -4.20. The zero-order valence-corrected chi connectivity index (χ0v) is 18.3. The fraction of sp³-hybridized carbons (Fsp3) is 0.263. The van der Waals surface area contributed by atoms with E-state index in [1.165, 1.54) is 35.2 Å². The van der Waals surface area contributed by atoms with Gasteiger partial charge in [0, 0.05) is 0 Å². The van der Waals surface area contributed by atoms with E-state index in [4.69, 9.17) is 0 Å². The van der Waals surface area contributed by atoms with Crippen molar-refractivity contribution >= 4 is 54.4 Å². The van der Waals surface area contributed by atoms with Gasteiger partial charge >= 0.3 is 0 Å². The second-order valence-corrected chi connectivity index (χ2v) is 10.1. The number of nitrogens with one attached hydrogen (secondary N) is 2. The van der Waals surface area contributed by atoms with E-state index in [-0.39, 0.29) is 6.42 Å². The van der Waals surface area contributed by atoms with Crippen LogP contribution in [0.4, 0.5) is 9.52 Å². The average molecular weight is 454 g/mol. The molecular formula is C19H20FN3O3S3. The molecule has 2 aromatic carbocycles. The molecule has 1 heterocycles. The summed E-state index contributed by atoms with van der Waals surface area (Å²) >= 11 is 2.79. The summed E-state index contributed by atoms with van der Waals surface area (Å²) < 4.78 is 42.4. The van der Waals surface area contributed by atoms with Crippen molar-refractivity contribution < 1.29 is 17.6 Å². The molecule has 10 heteroatoms. The molecule has 2 N–H and O–H groups in total. The van der Waals surface area contributed by atoms with Gasteiger partial charge in [0.05, 0.1) is 10.2 Å². The van der Waals surface area contributed by atoms with Gasteiger partial charge in [-0.05, 0) is 55.2 Å². The minimum absolute atomic E-state index is 0.255. The monoisotopic (exact) mass is 453 g/mol. The summed E-state index contributed by atoms with van der Waals surface area (Å²) in [4.78, 5) is 16.7. The molecule has 0 radical (unpaired) electrons. The molecule has 0 aliphatic carbocycles. The number of aryl methyl sites for hydroxylation is 1. The number of rotatable bonds is 8. The topological polar surface area (TPSA) is 88.2 Å². The van der Waals surface area contributed by atoms with Gasteiger partial charge < -0.3 is 5.32 Å². The highest BCUT2D eigenvalue weighted by Crippen LogP contribution is 2.27. The van der Waals surface area contributed by atoms with Crippen molar-refractivity contribution in [1.82, 2.24) is 9.71 Å². The number of fused-ring (bicyclic) bond motifs is 1. The number of halogens is 1. The van der Waals surface area contributed by atoms with Crippen molar-refractivity contribution in [3.8, 4) is 0 Å². The number of thiazole rings is 1. The first-order valence-electron chi connectivity index (χ1n) is 8.74. The van der Waals surface area contributed by atoms with Gasteiger partial charge in [0.1, 0.15) is 16.8 Å². The van der Waals surface area contributed by atoms with Gasteiger partial charge in [0.2, 0.25) is 15.9 Å². The van der Waals surface area contributed by atoms with E-state index in [2.05, 4.69) is 15.0 Å². The van der Waals surface area contributed by atoms with Crippen molar-refractivity contribution in [2.24, 2.45) is 0 Å². The minimum Gasteiger partial charge on any atom is -0.301 e. The van der Waals surface area contributed by atoms with E-state index >= 15 is 0 Å². The number of carbonyl (C=O) groups is 1. The number of aromatic nitrogens is 1. The van der Waals surface area contributed by atoms with Crippen LogP contribution >= 0.6 is 23.1 Å². The number of hydrogen-bond acceptors (Lipinski definition) is 6. The lowest BCUT2D eigenvalue weighted by molar-refractivity contribution is -0.117. The summed E-state index contributed by atoms with van der Waals surface area (Å²) in [5.41, 5.74) is 1.83. The SMILES string of the molecule is CSCC[C@@H](NS(=O)(=O)c1ccccc1F)C(=O)Nc1nc2ccc(C)cc2s1. The standard InChI is InChI=1S/C19H20FN3O3S3/c1-12-7-8-14-16(11-12)28-19(21-14)22-18(24)15(9-10-27-2)23-29(25,26)17-6-4-3-5-13(17)20/h3-8,11,15,23H,9-10H2,1-2H3,(H,21,22,24)/t15-/m1/s1. The third kappa shape index (κ3) is 5.33.